The number of amides is 1. The van der Waals surface area contributed by atoms with E-state index in [1.54, 1.807) is 38.1 Å². The van der Waals surface area contributed by atoms with Crippen molar-refractivity contribution in [3.05, 3.63) is 59.7 Å². The molecule has 0 heterocycles. The van der Waals surface area contributed by atoms with Crippen LogP contribution in [0, 0.1) is 18.8 Å². The standard InChI is InChI=1S/C22H23NO4/c1-4-6-18(14-21(24)25)17-9-11-19(12-10-17)23-22(26)16(3)27-20-8-5-7-15(2)13-20/h5,7-13,16,18H,14H2,1-3H3,(H,23,26)(H,24,25). The van der Waals surface area contributed by atoms with Crippen molar-refractivity contribution in [2.24, 2.45) is 0 Å². The molecule has 0 saturated carbocycles. The second-order valence-electron chi connectivity index (χ2n) is 6.23. The summed E-state index contributed by atoms with van der Waals surface area (Å²) in [5.74, 6) is 4.77. The van der Waals surface area contributed by atoms with Crippen LogP contribution in [-0.4, -0.2) is 23.1 Å². The minimum Gasteiger partial charge on any atom is -0.481 e. The van der Waals surface area contributed by atoms with E-state index in [2.05, 4.69) is 17.2 Å². The van der Waals surface area contributed by atoms with Crippen LogP contribution in [0.2, 0.25) is 0 Å². The van der Waals surface area contributed by atoms with Gasteiger partial charge in [-0.3, -0.25) is 9.59 Å². The van der Waals surface area contributed by atoms with Crippen molar-refractivity contribution < 1.29 is 19.4 Å². The number of nitrogens with one attached hydrogen (secondary N) is 1. The first kappa shape index (κ1) is 20.1. The third-order valence-corrected chi connectivity index (χ3v) is 3.95. The van der Waals surface area contributed by atoms with Crippen LogP contribution in [-0.2, 0) is 9.59 Å². The van der Waals surface area contributed by atoms with Crippen LogP contribution >= 0.6 is 0 Å². The summed E-state index contributed by atoms with van der Waals surface area (Å²) in [5.41, 5.74) is 2.47. The van der Waals surface area contributed by atoms with Crippen molar-refractivity contribution >= 4 is 17.6 Å². The second kappa shape index (κ2) is 9.44. The normalized spacial score (nSPS) is 12.3. The molecule has 5 heteroatoms. The molecule has 0 bridgehead atoms. The fourth-order valence-corrected chi connectivity index (χ4v) is 2.59. The number of hydrogen-bond donors (Lipinski definition) is 2. The van der Waals surface area contributed by atoms with E-state index in [1.807, 2.05) is 31.2 Å². The number of carbonyl (C=O) groups is 2. The van der Waals surface area contributed by atoms with Crippen LogP contribution in [0.25, 0.3) is 0 Å². The van der Waals surface area contributed by atoms with Crippen LogP contribution < -0.4 is 10.1 Å². The van der Waals surface area contributed by atoms with E-state index in [0.717, 1.165) is 11.1 Å². The third-order valence-electron chi connectivity index (χ3n) is 3.95. The molecule has 0 aliphatic heterocycles. The number of hydrogen-bond acceptors (Lipinski definition) is 3. The number of carboxylic acid groups (broad SMARTS) is 1. The smallest absolute Gasteiger partial charge is 0.304 e. The fraction of sp³-hybridized carbons (Fsp3) is 0.273. The van der Waals surface area contributed by atoms with Gasteiger partial charge in [0, 0.05) is 5.69 Å². The molecule has 0 fully saturated rings. The van der Waals surface area contributed by atoms with Crippen LogP contribution in [0.15, 0.2) is 48.5 Å². The lowest BCUT2D eigenvalue weighted by atomic mass is 9.96. The monoisotopic (exact) mass is 365 g/mol. The number of aryl methyl sites for hydroxylation is 1. The zero-order valence-electron chi connectivity index (χ0n) is 15.7. The Labute approximate surface area is 159 Å². The van der Waals surface area contributed by atoms with E-state index in [-0.39, 0.29) is 18.2 Å². The number of carboxylic acids is 1. The Kier molecular flexibility index (Phi) is 7.01. The van der Waals surface area contributed by atoms with Crippen LogP contribution in [0.4, 0.5) is 5.69 Å². The fourth-order valence-electron chi connectivity index (χ4n) is 2.59. The van der Waals surface area contributed by atoms with Crippen LogP contribution in [0.5, 0.6) is 5.75 Å². The van der Waals surface area contributed by atoms with E-state index in [4.69, 9.17) is 9.84 Å². The Balaban J connectivity index is 2.01. The Morgan fingerprint density at radius 2 is 1.89 bits per heavy atom. The predicted octanol–water partition coefficient (Wildman–Crippen LogP) is 3.98. The number of rotatable bonds is 7. The van der Waals surface area contributed by atoms with Gasteiger partial charge in [-0.2, -0.15) is 0 Å². The Bertz CT molecular complexity index is 862. The van der Waals surface area contributed by atoms with E-state index >= 15 is 0 Å². The van der Waals surface area contributed by atoms with Crippen molar-refractivity contribution in [3.8, 4) is 17.6 Å². The summed E-state index contributed by atoms with van der Waals surface area (Å²) in [6, 6.07) is 14.5. The van der Waals surface area contributed by atoms with Crippen molar-refractivity contribution in [2.75, 3.05) is 5.32 Å². The van der Waals surface area contributed by atoms with E-state index in [9.17, 15) is 9.59 Å². The third kappa shape index (κ3) is 6.19. The van der Waals surface area contributed by atoms with Gasteiger partial charge in [-0.25, -0.2) is 0 Å². The number of ether oxygens (including phenoxy) is 1. The maximum absolute atomic E-state index is 12.3. The molecule has 2 atom stereocenters. The maximum atomic E-state index is 12.3. The Morgan fingerprint density at radius 1 is 1.19 bits per heavy atom. The number of carbonyl (C=O) groups excluding carboxylic acids is 1. The van der Waals surface area contributed by atoms with Gasteiger partial charge in [0.2, 0.25) is 0 Å². The summed E-state index contributed by atoms with van der Waals surface area (Å²) in [4.78, 5) is 23.3. The molecule has 0 aliphatic rings. The van der Waals surface area contributed by atoms with Gasteiger partial charge in [0.1, 0.15) is 5.75 Å². The van der Waals surface area contributed by atoms with E-state index in [1.165, 1.54) is 0 Å². The Hall–Kier alpha value is -3.26. The average molecular weight is 365 g/mol. The van der Waals surface area contributed by atoms with Gasteiger partial charge in [-0.05, 0) is 56.2 Å². The molecule has 5 nitrogen and oxygen atoms in total. The highest BCUT2D eigenvalue weighted by atomic mass is 16.5. The van der Waals surface area contributed by atoms with Gasteiger partial charge in [-0.15, -0.1) is 5.92 Å². The number of aliphatic carboxylic acids is 1. The second-order valence-corrected chi connectivity index (χ2v) is 6.23. The van der Waals surface area contributed by atoms with Crippen molar-refractivity contribution in [2.45, 2.75) is 39.2 Å². The van der Waals surface area contributed by atoms with Gasteiger partial charge in [0.15, 0.2) is 6.10 Å². The molecule has 2 unspecified atom stereocenters. The number of anilines is 1. The SMILES string of the molecule is CC#CC(CC(=O)O)c1ccc(NC(=O)C(C)Oc2cccc(C)c2)cc1. The zero-order chi connectivity index (χ0) is 19.8. The lowest BCUT2D eigenvalue weighted by Gasteiger charge is -2.15. The summed E-state index contributed by atoms with van der Waals surface area (Å²) in [6.07, 6.45) is -0.717. The largest absolute Gasteiger partial charge is 0.481 e. The van der Waals surface area contributed by atoms with E-state index in [0.29, 0.717) is 11.4 Å². The lowest BCUT2D eigenvalue weighted by Crippen LogP contribution is -2.30. The first-order valence-corrected chi connectivity index (χ1v) is 8.67. The summed E-state index contributed by atoms with van der Waals surface area (Å²) < 4.78 is 5.67. The van der Waals surface area contributed by atoms with E-state index < -0.39 is 12.1 Å². The average Bonchev–Trinajstić information content (AvgIpc) is 2.61. The first-order valence-electron chi connectivity index (χ1n) is 8.67. The molecule has 0 aromatic heterocycles. The van der Waals surface area contributed by atoms with Crippen LogP contribution in [0.3, 0.4) is 0 Å². The molecular formula is C22H23NO4. The highest BCUT2D eigenvalue weighted by Gasteiger charge is 2.16. The van der Waals surface area contributed by atoms with Gasteiger partial charge in [0.05, 0.1) is 12.3 Å². The summed E-state index contributed by atoms with van der Waals surface area (Å²) in [7, 11) is 0. The molecule has 0 aliphatic carbocycles. The molecule has 140 valence electrons. The molecule has 2 N–H and O–H groups in total. The highest BCUT2D eigenvalue weighted by Crippen LogP contribution is 2.21. The van der Waals surface area contributed by atoms with Gasteiger partial charge in [0.25, 0.3) is 5.91 Å². The zero-order valence-corrected chi connectivity index (χ0v) is 15.7. The summed E-state index contributed by atoms with van der Waals surface area (Å²) in [6.45, 7) is 5.32. The van der Waals surface area contributed by atoms with Crippen molar-refractivity contribution in [1.82, 2.24) is 0 Å². The predicted molar refractivity (Wildman–Crippen MR) is 105 cm³/mol. The van der Waals surface area contributed by atoms with Crippen molar-refractivity contribution in [3.63, 3.8) is 0 Å². The molecule has 27 heavy (non-hydrogen) atoms. The highest BCUT2D eigenvalue weighted by molar-refractivity contribution is 5.94. The number of benzene rings is 2. The maximum Gasteiger partial charge on any atom is 0.304 e. The minimum absolute atomic E-state index is 0.0616. The topological polar surface area (TPSA) is 75.6 Å². The van der Waals surface area contributed by atoms with Crippen LogP contribution in [0.1, 0.15) is 37.3 Å². The Morgan fingerprint density at radius 3 is 2.48 bits per heavy atom. The molecule has 0 radical (unpaired) electrons. The van der Waals surface area contributed by atoms with Gasteiger partial charge >= 0.3 is 5.97 Å². The molecule has 2 aromatic rings. The molecule has 2 aromatic carbocycles. The molecule has 0 saturated heterocycles. The van der Waals surface area contributed by atoms with Gasteiger partial charge in [-0.1, -0.05) is 30.2 Å². The molecule has 0 spiro atoms. The lowest BCUT2D eigenvalue weighted by molar-refractivity contribution is -0.137. The van der Waals surface area contributed by atoms with Gasteiger partial charge < -0.3 is 15.2 Å². The molecular weight excluding hydrogens is 342 g/mol. The summed E-state index contributed by atoms with van der Waals surface area (Å²) >= 11 is 0. The molecule has 2 rings (SSSR count). The summed E-state index contributed by atoms with van der Waals surface area (Å²) in [5, 5.41) is 11.8. The minimum atomic E-state index is -0.901. The first-order chi connectivity index (χ1) is 12.9. The molecule has 1 amide bonds. The van der Waals surface area contributed by atoms with Crippen molar-refractivity contribution in [1.29, 1.82) is 0 Å². The quantitative estimate of drug-likeness (QED) is 0.728.